The van der Waals surface area contributed by atoms with Gasteiger partial charge in [0, 0.05) is 22.7 Å². The molecular weight excluding hydrogens is 394 g/mol. The number of rotatable bonds is 5. The summed E-state index contributed by atoms with van der Waals surface area (Å²) in [7, 11) is 0. The summed E-state index contributed by atoms with van der Waals surface area (Å²) in [6.45, 7) is 4.79. The third-order valence-corrected chi connectivity index (χ3v) is 5.07. The van der Waals surface area contributed by atoms with Crippen LogP contribution in [-0.4, -0.2) is 24.9 Å². The van der Waals surface area contributed by atoms with E-state index in [1.54, 1.807) is 12.1 Å². The first-order valence-electron chi connectivity index (χ1n) is 8.84. The van der Waals surface area contributed by atoms with Crippen LogP contribution in [-0.2, 0) is 6.54 Å². The molecule has 2 aromatic carbocycles. The van der Waals surface area contributed by atoms with E-state index in [1.165, 1.54) is 0 Å². The van der Waals surface area contributed by atoms with Gasteiger partial charge in [0.1, 0.15) is 5.25 Å². The van der Waals surface area contributed by atoms with Gasteiger partial charge < -0.3 is 9.09 Å². The summed E-state index contributed by atoms with van der Waals surface area (Å²) in [5, 5.41) is 13.0. The maximum absolute atomic E-state index is 6.05. The molecule has 0 saturated carbocycles. The van der Waals surface area contributed by atoms with Crippen LogP contribution >= 0.6 is 24.2 Å². The molecule has 1 unspecified atom stereocenters. The average molecular weight is 412 g/mol. The molecule has 0 aliphatic rings. The number of hydrogen-bond donors (Lipinski definition) is 1. The Hall–Kier alpha value is -2.64. The highest BCUT2D eigenvalue weighted by molar-refractivity contribution is 7.80. The van der Waals surface area contributed by atoms with Crippen LogP contribution in [0.5, 0.6) is 0 Å². The Balaban J connectivity index is 1.68. The maximum atomic E-state index is 6.05. The number of aryl methyl sites for hydroxylation is 1. The van der Waals surface area contributed by atoms with Crippen LogP contribution in [0.25, 0.3) is 22.8 Å². The summed E-state index contributed by atoms with van der Waals surface area (Å²) >= 11 is 10.7. The Labute approximate surface area is 173 Å². The maximum Gasteiger partial charge on any atom is 0.258 e. The van der Waals surface area contributed by atoms with E-state index < -0.39 is 5.25 Å². The lowest BCUT2D eigenvalue weighted by Crippen LogP contribution is -2.08. The van der Waals surface area contributed by atoms with Crippen molar-refractivity contribution < 1.29 is 4.52 Å². The zero-order chi connectivity index (χ0) is 19.7. The van der Waals surface area contributed by atoms with Gasteiger partial charge in [0.15, 0.2) is 17.5 Å². The van der Waals surface area contributed by atoms with E-state index in [1.807, 2.05) is 35.8 Å². The quantitative estimate of drug-likeness (QED) is 0.468. The first-order valence-corrected chi connectivity index (χ1v) is 9.74. The molecule has 142 valence electrons. The van der Waals surface area contributed by atoms with Crippen LogP contribution in [0.2, 0.25) is 5.02 Å². The highest BCUT2D eigenvalue weighted by atomic mass is 35.5. The number of nitrogens with zero attached hydrogens (tertiary/aromatic N) is 5. The van der Waals surface area contributed by atoms with Crippen LogP contribution in [0.15, 0.2) is 53.1 Å². The fourth-order valence-electron chi connectivity index (χ4n) is 3.03. The largest absolute Gasteiger partial charge is 0.334 e. The molecule has 0 fully saturated rings. The van der Waals surface area contributed by atoms with Gasteiger partial charge in [0.25, 0.3) is 5.89 Å². The van der Waals surface area contributed by atoms with E-state index in [9.17, 15) is 0 Å². The number of thiol groups is 1. The predicted octanol–water partition coefficient (Wildman–Crippen LogP) is 5.00. The van der Waals surface area contributed by atoms with Crippen molar-refractivity contribution in [1.29, 1.82) is 0 Å². The molecule has 2 heterocycles. The van der Waals surface area contributed by atoms with Gasteiger partial charge in [0.05, 0.1) is 0 Å². The molecule has 28 heavy (non-hydrogen) atoms. The van der Waals surface area contributed by atoms with Gasteiger partial charge in [-0.3, -0.25) is 0 Å². The Morgan fingerprint density at radius 2 is 1.89 bits per heavy atom. The van der Waals surface area contributed by atoms with Crippen LogP contribution in [0, 0.1) is 6.92 Å². The van der Waals surface area contributed by atoms with Crippen LogP contribution in [0.4, 0.5) is 0 Å². The molecule has 0 N–H and O–H groups in total. The molecule has 0 saturated heterocycles. The molecule has 4 aromatic rings. The second-order valence-corrected chi connectivity index (χ2v) is 7.32. The number of aromatic nitrogens is 5. The number of hydrogen-bond acceptors (Lipinski definition) is 6. The summed E-state index contributed by atoms with van der Waals surface area (Å²) in [5.41, 5.74) is 2.93. The molecular formula is C20H18ClN5OS. The number of benzene rings is 2. The van der Waals surface area contributed by atoms with E-state index in [0.29, 0.717) is 29.1 Å². The third-order valence-electron chi connectivity index (χ3n) is 4.37. The Morgan fingerprint density at radius 1 is 1.11 bits per heavy atom. The lowest BCUT2D eigenvalue weighted by Gasteiger charge is -2.10. The van der Waals surface area contributed by atoms with Crippen molar-refractivity contribution in [3.05, 3.63) is 70.8 Å². The van der Waals surface area contributed by atoms with Gasteiger partial charge in [-0.15, -0.1) is 10.2 Å². The van der Waals surface area contributed by atoms with Gasteiger partial charge in [-0.05, 0) is 38.1 Å². The van der Waals surface area contributed by atoms with Crippen LogP contribution in [0.1, 0.15) is 29.4 Å². The Bertz CT molecular complexity index is 1120. The van der Waals surface area contributed by atoms with Gasteiger partial charge in [-0.2, -0.15) is 17.6 Å². The minimum Gasteiger partial charge on any atom is -0.334 e. The summed E-state index contributed by atoms with van der Waals surface area (Å²) in [6.07, 6.45) is 0. The first-order chi connectivity index (χ1) is 13.6. The summed E-state index contributed by atoms with van der Waals surface area (Å²) < 4.78 is 7.42. The highest BCUT2D eigenvalue weighted by Crippen LogP contribution is 2.30. The van der Waals surface area contributed by atoms with Crippen molar-refractivity contribution in [2.75, 3.05) is 0 Å². The molecule has 6 nitrogen and oxygen atoms in total. The van der Waals surface area contributed by atoms with Crippen LogP contribution in [0.3, 0.4) is 0 Å². The predicted molar refractivity (Wildman–Crippen MR) is 111 cm³/mol. The topological polar surface area (TPSA) is 69.6 Å². The molecule has 0 radical (unpaired) electrons. The zero-order valence-corrected chi connectivity index (χ0v) is 17.0. The van der Waals surface area contributed by atoms with Crippen molar-refractivity contribution in [2.45, 2.75) is 25.6 Å². The minimum absolute atomic E-state index is 0.387. The Kier molecular flexibility index (Phi) is 5.19. The average Bonchev–Trinajstić information content (AvgIpc) is 3.35. The summed E-state index contributed by atoms with van der Waals surface area (Å²) in [6, 6.07) is 15.4. The van der Waals surface area contributed by atoms with Crippen molar-refractivity contribution in [3.63, 3.8) is 0 Å². The summed E-state index contributed by atoms with van der Waals surface area (Å²) in [5.74, 6) is 2.27. The van der Waals surface area contributed by atoms with Crippen LogP contribution < -0.4 is 0 Å². The monoisotopic (exact) mass is 411 g/mol. The minimum atomic E-state index is -0.470. The normalized spacial score (nSPS) is 12.3. The second-order valence-electron chi connectivity index (χ2n) is 6.37. The fraction of sp³-hybridized carbons (Fsp3) is 0.200. The van der Waals surface area contributed by atoms with Gasteiger partial charge in [0.2, 0.25) is 0 Å². The second kappa shape index (κ2) is 7.77. The van der Waals surface area contributed by atoms with E-state index in [4.69, 9.17) is 28.8 Å². The van der Waals surface area contributed by atoms with Gasteiger partial charge in [-0.1, -0.05) is 46.6 Å². The molecule has 8 heteroatoms. The highest BCUT2D eigenvalue weighted by Gasteiger charge is 2.24. The van der Waals surface area contributed by atoms with E-state index in [2.05, 4.69) is 39.4 Å². The van der Waals surface area contributed by atoms with Crippen molar-refractivity contribution in [3.8, 4) is 22.8 Å². The summed E-state index contributed by atoms with van der Waals surface area (Å²) in [4.78, 5) is 4.48. The molecule has 0 aliphatic carbocycles. The van der Waals surface area contributed by atoms with Crippen molar-refractivity contribution >= 4 is 24.2 Å². The molecule has 0 bridgehead atoms. The standard InChI is InChI=1S/C20H18ClN5OS/c1-3-26-18(13-7-4-6-12(2)10-13)23-24-19(26)16(28)17-22-20(27-25-17)14-8-5-9-15(21)11-14/h4-11,16,28H,3H2,1-2H3. The van der Waals surface area contributed by atoms with Crippen molar-refractivity contribution in [1.82, 2.24) is 24.9 Å². The fourth-order valence-corrected chi connectivity index (χ4v) is 3.51. The van der Waals surface area contributed by atoms with Gasteiger partial charge in [-0.25, -0.2) is 0 Å². The molecule has 4 rings (SSSR count). The third kappa shape index (κ3) is 3.55. The van der Waals surface area contributed by atoms with E-state index >= 15 is 0 Å². The van der Waals surface area contributed by atoms with Crippen molar-refractivity contribution in [2.24, 2.45) is 0 Å². The molecule has 0 spiro atoms. The molecule has 1 atom stereocenters. The molecule has 0 aliphatic heterocycles. The lowest BCUT2D eigenvalue weighted by atomic mass is 10.1. The Morgan fingerprint density at radius 3 is 2.64 bits per heavy atom. The first kappa shape index (κ1) is 18.7. The van der Waals surface area contributed by atoms with Gasteiger partial charge >= 0.3 is 0 Å². The lowest BCUT2D eigenvalue weighted by molar-refractivity contribution is 0.422. The van der Waals surface area contributed by atoms with E-state index in [0.717, 1.165) is 22.5 Å². The van der Waals surface area contributed by atoms with E-state index in [-0.39, 0.29) is 0 Å². The molecule has 2 aromatic heterocycles. The smallest absolute Gasteiger partial charge is 0.258 e. The number of halogens is 1. The SMILES string of the molecule is CCn1c(-c2cccc(C)c2)nnc1C(S)c1noc(-c2cccc(Cl)c2)n1. The zero-order valence-electron chi connectivity index (χ0n) is 15.4. The molecule has 0 amide bonds.